The summed E-state index contributed by atoms with van der Waals surface area (Å²) in [6, 6.07) is 0. The minimum atomic E-state index is 1.14. The van der Waals surface area contributed by atoms with E-state index in [2.05, 4.69) is 0 Å². The lowest BCUT2D eigenvalue weighted by atomic mass is 9.61. The summed E-state index contributed by atoms with van der Waals surface area (Å²) in [6.07, 6.45) is 18.8. The van der Waals surface area contributed by atoms with E-state index in [0.29, 0.717) is 0 Å². The van der Waals surface area contributed by atoms with Crippen molar-refractivity contribution >= 4 is 0 Å². The van der Waals surface area contributed by atoms with Crippen LogP contribution in [0.15, 0.2) is 0 Å². The van der Waals surface area contributed by atoms with Gasteiger partial charge in [-0.25, -0.2) is 0 Å². The summed E-state index contributed by atoms with van der Waals surface area (Å²) in [5, 5.41) is 0. The quantitative estimate of drug-likeness (QED) is 0.528. The topological polar surface area (TPSA) is 0 Å². The van der Waals surface area contributed by atoms with Gasteiger partial charge in [0.1, 0.15) is 0 Å². The number of fused-ring (bicyclic) bond motifs is 2. The minimum Gasteiger partial charge on any atom is -0.0533 e. The van der Waals surface area contributed by atoms with Gasteiger partial charge in [-0.3, -0.25) is 0 Å². The van der Waals surface area contributed by atoms with E-state index in [1.807, 2.05) is 0 Å². The van der Waals surface area contributed by atoms with Gasteiger partial charge in [-0.05, 0) is 36.5 Å². The summed E-state index contributed by atoms with van der Waals surface area (Å²) in [4.78, 5) is 0. The van der Waals surface area contributed by atoms with Gasteiger partial charge in [0.05, 0.1) is 0 Å². The summed E-state index contributed by atoms with van der Waals surface area (Å²) in [5.74, 6) is 4.57. The number of hydrogen-bond donors (Lipinski definition) is 0. The standard InChI is InChI=1S/C16H28/c1-2-4-8-14-12-16-10-6-5-9-15(16)11-13(14)7-3-1/h13-16H,1-12H2. The fourth-order valence-corrected chi connectivity index (χ4v) is 4.94. The maximum Gasteiger partial charge on any atom is -0.0383 e. The molecule has 0 nitrogen and oxygen atoms in total. The molecular formula is C16H28. The molecule has 0 amide bonds. The molecular weight excluding hydrogens is 192 g/mol. The molecule has 0 aromatic carbocycles. The molecule has 0 bridgehead atoms. The smallest absolute Gasteiger partial charge is 0.0383 e. The monoisotopic (exact) mass is 220 g/mol. The third-order valence-corrected chi connectivity index (χ3v) is 5.84. The summed E-state index contributed by atoms with van der Waals surface area (Å²) in [5.41, 5.74) is 0. The lowest BCUT2D eigenvalue weighted by Crippen LogP contribution is -2.34. The Morgan fingerprint density at radius 1 is 0.375 bits per heavy atom. The Morgan fingerprint density at radius 3 is 1.06 bits per heavy atom. The van der Waals surface area contributed by atoms with Gasteiger partial charge in [-0.1, -0.05) is 64.2 Å². The van der Waals surface area contributed by atoms with Crippen LogP contribution in [-0.2, 0) is 0 Å². The largest absolute Gasteiger partial charge is 0.0533 e. The minimum absolute atomic E-state index is 1.14. The Kier molecular flexibility index (Phi) is 3.54. The van der Waals surface area contributed by atoms with Crippen molar-refractivity contribution < 1.29 is 0 Å². The van der Waals surface area contributed by atoms with Gasteiger partial charge in [0.15, 0.2) is 0 Å². The molecule has 3 aliphatic rings. The molecule has 0 radical (unpaired) electrons. The highest BCUT2D eigenvalue weighted by Gasteiger charge is 2.37. The average molecular weight is 220 g/mol. The molecule has 0 aromatic rings. The van der Waals surface area contributed by atoms with Crippen LogP contribution in [0.3, 0.4) is 0 Å². The average Bonchev–Trinajstić information content (AvgIpc) is 2.29. The maximum atomic E-state index is 1.62. The molecule has 0 heteroatoms. The van der Waals surface area contributed by atoms with Gasteiger partial charge < -0.3 is 0 Å². The Labute approximate surface area is 101 Å². The Balaban J connectivity index is 1.65. The highest BCUT2D eigenvalue weighted by Crippen LogP contribution is 2.48. The molecule has 16 heavy (non-hydrogen) atoms. The van der Waals surface area contributed by atoms with Crippen molar-refractivity contribution in [1.82, 2.24) is 0 Å². The zero-order valence-electron chi connectivity index (χ0n) is 10.8. The third-order valence-electron chi connectivity index (χ3n) is 5.84. The van der Waals surface area contributed by atoms with Crippen molar-refractivity contribution in [2.45, 2.75) is 77.0 Å². The first-order chi connectivity index (χ1) is 7.93. The number of rotatable bonds is 0. The molecule has 0 N–H and O–H groups in total. The second-order valence-corrected chi connectivity index (χ2v) is 6.79. The molecule has 0 saturated heterocycles. The van der Waals surface area contributed by atoms with Crippen LogP contribution in [0, 0.1) is 23.7 Å². The summed E-state index contributed by atoms with van der Waals surface area (Å²) >= 11 is 0. The third kappa shape index (κ3) is 2.31. The van der Waals surface area contributed by atoms with Crippen LogP contribution in [0.2, 0.25) is 0 Å². The van der Waals surface area contributed by atoms with E-state index in [1.54, 1.807) is 64.2 Å². The normalized spacial score (nSPS) is 45.0. The second-order valence-electron chi connectivity index (χ2n) is 6.79. The summed E-state index contributed by atoms with van der Waals surface area (Å²) < 4.78 is 0. The van der Waals surface area contributed by atoms with E-state index in [0.717, 1.165) is 23.7 Å². The van der Waals surface area contributed by atoms with E-state index in [4.69, 9.17) is 0 Å². The Hall–Kier alpha value is 0. The molecule has 0 aliphatic heterocycles. The van der Waals surface area contributed by atoms with Gasteiger partial charge in [-0.15, -0.1) is 0 Å². The predicted molar refractivity (Wildman–Crippen MR) is 69.4 cm³/mol. The molecule has 3 fully saturated rings. The second kappa shape index (κ2) is 5.10. The zero-order valence-corrected chi connectivity index (χ0v) is 10.8. The van der Waals surface area contributed by atoms with E-state index in [9.17, 15) is 0 Å². The van der Waals surface area contributed by atoms with E-state index in [-0.39, 0.29) is 0 Å². The van der Waals surface area contributed by atoms with Crippen LogP contribution in [0.4, 0.5) is 0 Å². The molecule has 92 valence electrons. The van der Waals surface area contributed by atoms with E-state index < -0.39 is 0 Å². The predicted octanol–water partition coefficient (Wildman–Crippen LogP) is 5.17. The van der Waals surface area contributed by atoms with Crippen molar-refractivity contribution in [2.24, 2.45) is 23.7 Å². The Bertz CT molecular complexity index is 196. The van der Waals surface area contributed by atoms with E-state index >= 15 is 0 Å². The van der Waals surface area contributed by atoms with Crippen LogP contribution in [0.25, 0.3) is 0 Å². The first-order valence-corrected chi connectivity index (χ1v) is 7.93. The Morgan fingerprint density at radius 2 is 0.688 bits per heavy atom. The zero-order chi connectivity index (χ0) is 10.8. The summed E-state index contributed by atoms with van der Waals surface area (Å²) in [7, 11) is 0. The van der Waals surface area contributed by atoms with Crippen molar-refractivity contribution in [2.75, 3.05) is 0 Å². The van der Waals surface area contributed by atoms with Crippen LogP contribution in [0.5, 0.6) is 0 Å². The SMILES string of the molecule is C1CCCC2CC3CCCCC3CC2CC1. The molecule has 0 aromatic heterocycles. The van der Waals surface area contributed by atoms with Crippen LogP contribution >= 0.6 is 0 Å². The maximum absolute atomic E-state index is 1.62. The van der Waals surface area contributed by atoms with Crippen LogP contribution < -0.4 is 0 Å². The van der Waals surface area contributed by atoms with Gasteiger partial charge in [0, 0.05) is 0 Å². The fraction of sp³-hybridized carbons (Fsp3) is 1.00. The first-order valence-electron chi connectivity index (χ1n) is 7.93. The molecule has 3 aliphatic carbocycles. The van der Waals surface area contributed by atoms with Crippen molar-refractivity contribution in [3.8, 4) is 0 Å². The highest BCUT2D eigenvalue weighted by molar-refractivity contribution is 4.88. The number of hydrogen-bond acceptors (Lipinski definition) is 0. The van der Waals surface area contributed by atoms with E-state index in [1.165, 1.54) is 12.8 Å². The van der Waals surface area contributed by atoms with Crippen LogP contribution in [0.1, 0.15) is 77.0 Å². The molecule has 0 spiro atoms. The van der Waals surface area contributed by atoms with Crippen molar-refractivity contribution in [3.05, 3.63) is 0 Å². The van der Waals surface area contributed by atoms with Gasteiger partial charge in [0.2, 0.25) is 0 Å². The lowest BCUT2D eigenvalue weighted by Gasteiger charge is -2.45. The lowest BCUT2D eigenvalue weighted by molar-refractivity contribution is 0.0620. The molecule has 4 atom stereocenters. The van der Waals surface area contributed by atoms with Crippen molar-refractivity contribution in [3.63, 3.8) is 0 Å². The summed E-state index contributed by atoms with van der Waals surface area (Å²) in [6.45, 7) is 0. The van der Waals surface area contributed by atoms with Gasteiger partial charge in [0.25, 0.3) is 0 Å². The fourth-order valence-electron chi connectivity index (χ4n) is 4.94. The van der Waals surface area contributed by atoms with Crippen molar-refractivity contribution in [1.29, 1.82) is 0 Å². The molecule has 3 saturated carbocycles. The molecule has 4 unspecified atom stereocenters. The highest BCUT2D eigenvalue weighted by atomic mass is 14.4. The molecule has 3 rings (SSSR count). The van der Waals surface area contributed by atoms with Crippen LogP contribution in [-0.4, -0.2) is 0 Å². The molecule has 0 heterocycles. The van der Waals surface area contributed by atoms with Gasteiger partial charge in [-0.2, -0.15) is 0 Å². The van der Waals surface area contributed by atoms with Gasteiger partial charge >= 0.3 is 0 Å². The first kappa shape index (κ1) is 11.1.